The molecule has 1 fully saturated rings. The van der Waals surface area contributed by atoms with Crippen molar-refractivity contribution in [2.24, 2.45) is 0 Å². The summed E-state index contributed by atoms with van der Waals surface area (Å²) in [4.78, 5) is 0. The van der Waals surface area contributed by atoms with Crippen LogP contribution in [0.5, 0.6) is 0 Å². The average molecular weight is 223 g/mol. The first kappa shape index (κ1) is 10.7. The van der Waals surface area contributed by atoms with Crippen LogP contribution >= 0.6 is 8.69 Å². The van der Waals surface area contributed by atoms with E-state index in [1.54, 1.807) is 5.06 Å². The molecule has 0 N–H and O–H groups in total. The first-order chi connectivity index (χ1) is 7.40. The van der Waals surface area contributed by atoms with Gasteiger partial charge in [0.25, 0.3) is 0 Å². The minimum atomic E-state index is -0.248. The first-order valence-corrected chi connectivity index (χ1v) is 5.93. The fourth-order valence-corrected chi connectivity index (χ4v) is 2.30. The normalized spacial score (nSPS) is 19.5. The van der Waals surface area contributed by atoms with E-state index in [-0.39, 0.29) is 8.69 Å². The Labute approximate surface area is 91.3 Å². The van der Waals surface area contributed by atoms with E-state index < -0.39 is 0 Å². The Balaban J connectivity index is 1.91. The van der Waals surface area contributed by atoms with Gasteiger partial charge in [-0.15, -0.1) is 0 Å². The highest BCUT2D eigenvalue weighted by Crippen LogP contribution is 2.28. The third kappa shape index (κ3) is 2.85. The molecule has 0 unspecified atom stereocenters. The second-order valence-electron chi connectivity index (χ2n) is 3.77. The summed E-state index contributed by atoms with van der Waals surface area (Å²) in [7, 11) is -0.248. The van der Waals surface area contributed by atoms with Gasteiger partial charge in [0.2, 0.25) is 0 Å². The molecule has 0 saturated carbocycles. The molecule has 0 aromatic heterocycles. The van der Waals surface area contributed by atoms with Gasteiger partial charge in [0, 0.05) is 13.1 Å². The lowest BCUT2D eigenvalue weighted by molar-refractivity contribution is -0.0640. The van der Waals surface area contributed by atoms with Gasteiger partial charge in [-0.25, -0.2) is 9.19 Å². The number of piperidine rings is 1. The van der Waals surface area contributed by atoms with Gasteiger partial charge in [-0.1, -0.05) is 30.3 Å². The van der Waals surface area contributed by atoms with Crippen molar-refractivity contribution in [1.82, 2.24) is 5.06 Å². The lowest BCUT2D eigenvalue weighted by atomic mass is 9.90. The Morgan fingerprint density at radius 2 is 1.87 bits per heavy atom. The number of hydroxylamine groups is 2. The zero-order valence-electron chi connectivity index (χ0n) is 8.50. The molecule has 3 nitrogen and oxygen atoms in total. The number of hydrogen-bond donors (Lipinski definition) is 0. The largest absolute Gasteiger partial charge is 0.346 e. The van der Waals surface area contributed by atoms with Crippen LogP contribution in [0, 0.1) is 0 Å². The molecule has 1 aliphatic rings. The summed E-state index contributed by atoms with van der Waals surface area (Å²) < 4.78 is 15.2. The van der Waals surface area contributed by atoms with E-state index in [1.807, 2.05) is 6.07 Å². The van der Waals surface area contributed by atoms with Gasteiger partial charge in [-0.05, 0) is 24.3 Å². The summed E-state index contributed by atoms with van der Waals surface area (Å²) >= 11 is 0. The first-order valence-electron chi connectivity index (χ1n) is 5.20. The Hall–Kier alpha value is -0.760. The van der Waals surface area contributed by atoms with Crippen LogP contribution in [0.25, 0.3) is 0 Å². The average Bonchev–Trinajstić information content (AvgIpc) is 2.32. The smallest absolute Gasteiger partial charge is 0.239 e. The predicted octanol–water partition coefficient (Wildman–Crippen LogP) is 3.00. The maximum absolute atomic E-state index is 10.3. The zero-order chi connectivity index (χ0) is 10.5. The van der Waals surface area contributed by atoms with Crippen molar-refractivity contribution < 1.29 is 9.19 Å². The van der Waals surface area contributed by atoms with Crippen molar-refractivity contribution in [2.75, 3.05) is 13.1 Å². The molecule has 1 aromatic carbocycles. The van der Waals surface area contributed by atoms with Crippen molar-refractivity contribution in [2.45, 2.75) is 18.8 Å². The second kappa shape index (κ2) is 5.36. The monoisotopic (exact) mass is 223 g/mol. The molecule has 0 atom stereocenters. The van der Waals surface area contributed by atoms with E-state index >= 15 is 0 Å². The molecular weight excluding hydrogens is 209 g/mol. The second-order valence-corrected chi connectivity index (χ2v) is 4.08. The molecule has 0 spiro atoms. The number of benzene rings is 1. The van der Waals surface area contributed by atoms with Crippen LogP contribution in [0.2, 0.25) is 0 Å². The van der Waals surface area contributed by atoms with E-state index in [2.05, 4.69) is 24.3 Å². The molecular formula is C11H14NO2P. The highest BCUT2D eigenvalue weighted by molar-refractivity contribution is 7.17. The van der Waals surface area contributed by atoms with Gasteiger partial charge in [-0.3, -0.25) is 0 Å². The minimum Gasteiger partial charge on any atom is -0.239 e. The Morgan fingerprint density at radius 1 is 1.20 bits per heavy atom. The summed E-state index contributed by atoms with van der Waals surface area (Å²) in [5.74, 6) is 0.620. The molecule has 1 saturated heterocycles. The molecule has 1 heterocycles. The summed E-state index contributed by atoms with van der Waals surface area (Å²) in [5, 5.41) is 1.77. The summed E-state index contributed by atoms with van der Waals surface area (Å²) in [6.07, 6.45) is 2.14. The van der Waals surface area contributed by atoms with Crippen LogP contribution < -0.4 is 0 Å². The number of hydrogen-bond acceptors (Lipinski definition) is 3. The molecule has 15 heavy (non-hydrogen) atoms. The third-order valence-electron chi connectivity index (χ3n) is 2.87. The lowest BCUT2D eigenvalue weighted by Gasteiger charge is -2.29. The fourth-order valence-electron chi connectivity index (χ4n) is 2.04. The van der Waals surface area contributed by atoms with Crippen LogP contribution in [-0.2, 0) is 9.19 Å². The molecule has 0 radical (unpaired) electrons. The Bertz CT molecular complexity index is 310. The number of nitrogens with zero attached hydrogens (tertiary/aromatic N) is 1. The summed E-state index contributed by atoms with van der Waals surface area (Å²) in [5.41, 5.74) is 1.40. The Morgan fingerprint density at radius 3 is 2.47 bits per heavy atom. The molecule has 0 amide bonds. The SMILES string of the molecule is O=PON1CCC(c2ccccc2)CC1. The van der Waals surface area contributed by atoms with Crippen molar-refractivity contribution in [1.29, 1.82) is 0 Å². The Kier molecular flexibility index (Phi) is 3.84. The molecule has 2 rings (SSSR count). The lowest BCUT2D eigenvalue weighted by Crippen LogP contribution is -2.30. The quantitative estimate of drug-likeness (QED) is 0.738. The fraction of sp³-hybridized carbons (Fsp3) is 0.455. The van der Waals surface area contributed by atoms with E-state index in [1.165, 1.54) is 5.56 Å². The topological polar surface area (TPSA) is 29.5 Å². The predicted molar refractivity (Wildman–Crippen MR) is 58.7 cm³/mol. The van der Waals surface area contributed by atoms with Crippen molar-refractivity contribution >= 4 is 8.69 Å². The van der Waals surface area contributed by atoms with Gasteiger partial charge < -0.3 is 0 Å². The number of rotatable bonds is 3. The van der Waals surface area contributed by atoms with Crippen LogP contribution in [0.1, 0.15) is 24.3 Å². The minimum absolute atomic E-state index is 0.248. The van der Waals surface area contributed by atoms with E-state index in [0.717, 1.165) is 25.9 Å². The van der Waals surface area contributed by atoms with Crippen LogP contribution in [0.15, 0.2) is 30.3 Å². The van der Waals surface area contributed by atoms with Gasteiger partial charge in [0.15, 0.2) is 0 Å². The molecule has 4 heteroatoms. The van der Waals surface area contributed by atoms with Crippen molar-refractivity contribution in [3.8, 4) is 0 Å². The van der Waals surface area contributed by atoms with Gasteiger partial charge >= 0.3 is 8.69 Å². The highest BCUT2D eigenvalue weighted by Gasteiger charge is 2.20. The molecule has 0 bridgehead atoms. The van der Waals surface area contributed by atoms with Crippen LogP contribution in [-0.4, -0.2) is 18.2 Å². The van der Waals surface area contributed by atoms with Crippen molar-refractivity contribution in [3.05, 3.63) is 35.9 Å². The molecule has 1 aliphatic heterocycles. The standard InChI is InChI=1S/C11H14NO2P/c13-15-14-12-8-6-11(7-9-12)10-4-2-1-3-5-10/h1-5,11H,6-9H2. The highest BCUT2D eigenvalue weighted by atomic mass is 31.1. The maximum Gasteiger partial charge on any atom is 0.346 e. The van der Waals surface area contributed by atoms with E-state index in [0.29, 0.717) is 5.92 Å². The van der Waals surface area contributed by atoms with Gasteiger partial charge in [-0.2, -0.15) is 5.06 Å². The van der Waals surface area contributed by atoms with Gasteiger partial charge in [0.1, 0.15) is 0 Å². The summed E-state index contributed by atoms with van der Waals surface area (Å²) in [6.45, 7) is 1.71. The zero-order valence-corrected chi connectivity index (χ0v) is 9.40. The van der Waals surface area contributed by atoms with Gasteiger partial charge in [0.05, 0.1) is 0 Å². The van der Waals surface area contributed by atoms with Crippen LogP contribution in [0.3, 0.4) is 0 Å². The molecule has 1 aromatic rings. The van der Waals surface area contributed by atoms with Crippen molar-refractivity contribution in [3.63, 3.8) is 0 Å². The van der Waals surface area contributed by atoms with E-state index in [4.69, 9.17) is 4.62 Å². The maximum atomic E-state index is 10.3. The summed E-state index contributed by atoms with van der Waals surface area (Å²) in [6, 6.07) is 10.5. The van der Waals surface area contributed by atoms with Crippen LogP contribution in [0.4, 0.5) is 0 Å². The third-order valence-corrected chi connectivity index (χ3v) is 3.17. The molecule has 0 aliphatic carbocycles. The molecule has 80 valence electrons. The van der Waals surface area contributed by atoms with E-state index in [9.17, 15) is 4.57 Å².